The second-order valence-corrected chi connectivity index (χ2v) is 3.87. The van der Waals surface area contributed by atoms with Crippen molar-refractivity contribution < 1.29 is 8.78 Å². The molecule has 76 valence electrons. The fourth-order valence-corrected chi connectivity index (χ4v) is 2.07. The van der Waals surface area contributed by atoms with Crippen molar-refractivity contribution in [1.29, 1.82) is 0 Å². The Morgan fingerprint density at radius 3 is 2.79 bits per heavy atom. The molecule has 0 saturated heterocycles. The van der Waals surface area contributed by atoms with Crippen molar-refractivity contribution >= 4 is 0 Å². The first-order valence-electron chi connectivity index (χ1n) is 4.78. The molecule has 0 saturated carbocycles. The van der Waals surface area contributed by atoms with Gasteiger partial charge in [-0.1, -0.05) is 18.2 Å². The summed E-state index contributed by atoms with van der Waals surface area (Å²) in [4.78, 5) is 0. The molecular weight excluding hydrogens is 184 g/mol. The highest BCUT2D eigenvalue weighted by Gasteiger charge is 2.39. The average Bonchev–Trinajstić information content (AvgIpc) is 2.42. The number of nitrogens with two attached hydrogens (primary N) is 1. The van der Waals surface area contributed by atoms with E-state index in [1.54, 1.807) is 6.07 Å². The van der Waals surface area contributed by atoms with Crippen LogP contribution in [0.2, 0.25) is 0 Å². The molecule has 0 radical (unpaired) electrons. The van der Waals surface area contributed by atoms with E-state index < -0.39 is 5.92 Å². The topological polar surface area (TPSA) is 26.0 Å². The van der Waals surface area contributed by atoms with E-state index in [-0.39, 0.29) is 18.0 Å². The van der Waals surface area contributed by atoms with Gasteiger partial charge in [-0.25, -0.2) is 8.78 Å². The molecule has 0 heterocycles. The van der Waals surface area contributed by atoms with Gasteiger partial charge in [0.25, 0.3) is 5.92 Å². The highest BCUT2D eigenvalue weighted by molar-refractivity contribution is 5.42. The summed E-state index contributed by atoms with van der Waals surface area (Å²) in [5.41, 5.74) is 7.52. The molecule has 3 heteroatoms. The number of hydrogen-bond acceptors (Lipinski definition) is 1. The van der Waals surface area contributed by atoms with Crippen LogP contribution < -0.4 is 5.73 Å². The van der Waals surface area contributed by atoms with E-state index in [1.807, 2.05) is 13.0 Å². The van der Waals surface area contributed by atoms with Crippen LogP contribution in [0.4, 0.5) is 8.78 Å². The van der Waals surface area contributed by atoms with Crippen LogP contribution in [0.15, 0.2) is 18.2 Å². The monoisotopic (exact) mass is 197 g/mol. The number of fused-ring (bicyclic) bond motifs is 1. The molecule has 1 atom stereocenters. The van der Waals surface area contributed by atoms with Gasteiger partial charge < -0.3 is 5.73 Å². The third-order valence-electron chi connectivity index (χ3n) is 2.79. The highest BCUT2D eigenvalue weighted by Crippen LogP contribution is 2.43. The van der Waals surface area contributed by atoms with Crippen LogP contribution in [-0.4, -0.2) is 0 Å². The van der Waals surface area contributed by atoms with E-state index in [2.05, 4.69) is 0 Å². The lowest BCUT2D eigenvalue weighted by Crippen LogP contribution is -2.10. The lowest BCUT2D eigenvalue weighted by Gasteiger charge is -2.13. The summed E-state index contributed by atoms with van der Waals surface area (Å²) in [5.74, 6) is -2.65. The van der Waals surface area contributed by atoms with E-state index in [0.29, 0.717) is 6.42 Å². The number of halogens is 2. The number of rotatable bonds is 1. The zero-order chi connectivity index (χ0) is 10.3. The summed E-state index contributed by atoms with van der Waals surface area (Å²) in [5, 5.41) is 0. The second-order valence-electron chi connectivity index (χ2n) is 3.87. The first-order valence-corrected chi connectivity index (χ1v) is 4.78. The molecule has 14 heavy (non-hydrogen) atoms. The summed E-state index contributed by atoms with van der Waals surface area (Å²) in [7, 11) is 0. The fourth-order valence-electron chi connectivity index (χ4n) is 2.07. The zero-order valence-corrected chi connectivity index (χ0v) is 8.06. The van der Waals surface area contributed by atoms with E-state index in [1.165, 1.54) is 6.07 Å². The van der Waals surface area contributed by atoms with E-state index >= 15 is 0 Å². The Balaban J connectivity index is 2.56. The van der Waals surface area contributed by atoms with Crippen molar-refractivity contribution in [3.8, 4) is 0 Å². The SMILES string of the molecule is C[C@@H](N)c1cccc2c1CCC2(F)F. The van der Waals surface area contributed by atoms with Gasteiger partial charge >= 0.3 is 0 Å². The van der Waals surface area contributed by atoms with Gasteiger partial charge in [0.1, 0.15) is 0 Å². The quantitative estimate of drug-likeness (QED) is 0.736. The first-order chi connectivity index (χ1) is 6.52. The standard InChI is InChI=1S/C11H13F2N/c1-7(14)8-3-2-4-10-9(8)5-6-11(10,12)13/h2-4,7H,5-6,14H2,1H3/t7-/m1/s1. The molecule has 1 aliphatic rings. The molecule has 0 fully saturated rings. The molecule has 0 unspecified atom stereocenters. The van der Waals surface area contributed by atoms with Gasteiger partial charge in [0.15, 0.2) is 0 Å². The Hall–Kier alpha value is -0.960. The van der Waals surface area contributed by atoms with Crippen LogP contribution >= 0.6 is 0 Å². The fraction of sp³-hybridized carbons (Fsp3) is 0.455. The molecule has 0 aromatic heterocycles. The molecule has 1 aliphatic carbocycles. The molecule has 2 N–H and O–H groups in total. The maximum absolute atomic E-state index is 13.3. The van der Waals surface area contributed by atoms with Crippen molar-refractivity contribution in [2.75, 3.05) is 0 Å². The zero-order valence-electron chi connectivity index (χ0n) is 8.06. The van der Waals surface area contributed by atoms with Crippen LogP contribution in [-0.2, 0) is 12.3 Å². The Kier molecular flexibility index (Phi) is 2.07. The first kappa shape index (κ1) is 9.59. The second kappa shape index (κ2) is 3.02. The normalized spacial score (nSPS) is 20.6. The molecule has 1 aromatic rings. The van der Waals surface area contributed by atoms with Crippen molar-refractivity contribution in [1.82, 2.24) is 0 Å². The lowest BCUT2D eigenvalue weighted by atomic mass is 9.98. The third-order valence-corrected chi connectivity index (χ3v) is 2.79. The van der Waals surface area contributed by atoms with Crippen LogP contribution in [0.1, 0.15) is 36.1 Å². The minimum atomic E-state index is -2.65. The van der Waals surface area contributed by atoms with Crippen molar-refractivity contribution in [2.45, 2.75) is 31.7 Å². The minimum Gasteiger partial charge on any atom is -0.324 e. The number of alkyl halides is 2. The summed E-state index contributed by atoms with van der Waals surface area (Å²) in [6, 6.07) is 4.84. The van der Waals surface area contributed by atoms with Crippen molar-refractivity contribution in [2.24, 2.45) is 5.73 Å². The lowest BCUT2D eigenvalue weighted by molar-refractivity contribution is -0.00184. The van der Waals surface area contributed by atoms with Gasteiger partial charge in [-0.05, 0) is 24.5 Å². The van der Waals surface area contributed by atoms with E-state index in [4.69, 9.17) is 5.73 Å². The van der Waals surface area contributed by atoms with Gasteiger partial charge in [-0.2, -0.15) is 0 Å². The van der Waals surface area contributed by atoms with Crippen LogP contribution in [0.5, 0.6) is 0 Å². The Morgan fingerprint density at radius 1 is 1.43 bits per heavy atom. The highest BCUT2D eigenvalue weighted by atomic mass is 19.3. The van der Waals surface area contributed by atoms with Crippen molar-refractivity contribution in [3.63, 3.8) is 0 Å². The summed E-state index contributed by atoms with van der Waals surface area (Å²) in [6.45, 7) is 1.83. The molecule has 0 aliphatic heterocycles. The van der Waals surface area contributed by atoms with Gasteiger partial charge in [-0.3, -0.25) is 0 Å². The Bertz CT molecular complexity index is 358. The molecule has 2 rings (SSSR count). The minimum absolute atomic E-state index is 0.0773. The van der Waals surface area contributed by atoms with Crippen LogP contribution in [0.3, 0.4) is 0 Å². The molecule has 0 bridgehead atoms. The predicted octanol–water partition coefficient (Wildman–Crippen LogP) is 2.74. The smallest absolute Gasteiger partial charge is 0.273 e. The largest absolute Gasteiger partial charge is 0.324 e. The Labute approximate surface area is 81.9 Å². The number of hydrogen-bond donors (Lipinski definition) is 1. The third kappa shape index (κ3) is 1.32. The Morgan fingerprint density at radius 2 is 2.14 bits per heavy atom. The molecule has 1 aromatic carbocycles. The van der Waals surface area contributed by atoms with E-state index in [0.717, 1.165) is 11.1 Å². The molecule has 0 spiro atoms. The van der Waals surface area contributed by atoms with Gasteiger partial charge in [-0.15, -0.1) is 0 Å². The summed E-state index contributed by atoms with van der Waals surface area (Å²) < 4.78 is 26.7. The predicted molar refractivity (Wildman–Crippen MR) is 51.3 cm³/mol. The van der Waals surface area contributed by atoms with Crippen molar-refractivity contribution in [3.05, 3.63) is 34.9 Å². The summed E-state index contributed by atoms with van der Waals surface area (Å²) >= 11 is 0. The van der Waals surface area contributed by atoms with E-state index in [9.17, 15) is 8.78 Å². The average molecular weight is 197 g/mol. The van der Waals surface area contributed by atoms with Crippen LogP contribution in [0, 0.1) is 0 Å². The van der Waals surface area contributed by atoms with Gasteiger partial charge in [0.2, 0.25) is 0 Å². The molecule has 0 amide bonds. The maximum atomic E-state index is 13.3. The summed E-state index contributed by atoms with van der Waals surface area (Å²) in [6.07, 6.45) is 0.367. The van der Waals surface area contributed by atoms with Gasteiger partial charge in [0.05, 0.1) is 0 Å². The van der Waals surface area contributed by atoms with Gasteiger partial charge in [0, 0.05) is 18.0 Å². The molecule has 1 nitrogen and oxygen atoms in total. The molecular formula is C11H13F2N. The van der Waals surface area contributed by atoms with Crippen LogP contribution in [0.25, 0.3) is 0 Å². The maximum Gasteiger partial charge on any atom is 0.273 e. The number of benzene rings is 1.